The Morgan fingerprint density at radius 3 is 2.03 bits per heavy atom. The summed E-state index contributed by atoms with van der Waals surface area (Å²) in [4.78, 5) is 95.1. The SMILES string of the molecule is CCCCOP(=O)(Oc1ccc(COC(=O)ON2C(=O)CCC2=O)cc1)OC1C(OC(=O)c2ccccc2)[C@H](n2ccc(=O)n(CCOCCOCCOC)c2=O)O[C@@H]1COC(=O)c1ccccc1. The molecule has 0 spiro atoms. The van der Waals surface area contributed by atoms with E-state index in [9.17, 15) is 38.1 Å². The highest BCUT2D eigenvalue weighted by atomic mass is 31.2. The third kappa shape index (κ3) is 14.7. The number of rotatable bonds is 26. The second kappa shape index (κ2) is 25.7. The van der Waals surface area contributed by atoms with Gasteiger partial charge in [-0.3, -0.25) is 37.4 Å². The zero-order valence-electron chi connectivity index (χ0n) is 37.8. The number of hydrogen-bond donors (Lipinski definition) is 0. The molecule has 0 N–H and O–H groups in total. The minimum atomic E-state index is -4.83. The maximum atomic E-state index is 14.9. The maximum absolute atomic E-state index is 14.9. The number of benzene rings is 3. The highest BCUT2D eigenvalue weighted by molar-refractivity contribution is 7.49. The predicted molar refractivity (Wildman–Crippen MR) is 238 cm³/mol. The van der Waals surface area contributed by atoms with Crippen LogP contribution in [0.2, 0.25) is 0 Å². The summed E-state index contributed by atoms with van der Waals surface area (Å²) in [5.74, 6) is -3.11. The molecule has 2 fully saturated rings. The normalized spacial score (nSPS) is 18.7. The summed E-state index contributed by atoms with van der Waals surface area (Å²) in [6.45, 7) is 1.65. The van der Waals surface area contributed by atoms with Crippen LogP contribution in [-0.2, 0) is 74.3 Å². The summed E-state index contributed by atoms with van der Waals surface area (Å²) < 4.78 is 73.9. The Morgan fingerprint density at radius 2 is 1.38 bits per heavy atom. The first-order valence-electron chi connectivity index (χ1n) is 21.9. The minimum absolute atomic E-state index is 0.0617. The van der Waals surface area contributed by atoms with Crippen molar-refractivity contribution in [1.29, 1.82) is 0 Å². The van der Waals surface area contributed by atoms with Crippen LogP contribution < -0.4 is 15.8 Å². The molecule has 2 amide bonds. The molecule has 22 nitrogen and oxygen atoms in total. The number of carbonyl (C=O) groups is 5. The molecule has 0 aliphatic carbocycles. The van der Waals surface area contributed by atoms with E-state index in [4.69, 9.17) is 51.6 Å². The van der Waals surface area contributed by atoms with Gasteiger partial charge < -0.3 is 37.7 Å². The molecular formula is C46H52N3O19P. The average molecular weight is 982 g/mol. The fourth-order valence-electron chi connectivity index (χ4n) is 6.68. The van der Waals surface area contributed by atoms with Crippen LogP contribution >= 0.6 is 7.82 Å². The van der Waals surface area contributed by atoms with E-state index in [2.05, 4.69) is 0 Å². The lowest BCUT2D eigenvalue weighted by Crippen LogP contribution is -2.45. The molecule has 2 saturated heterocycles. The number of unbranched alkanes of at least 4 members (excludes halogenated alkanes) is 1. The van der Waals surface area contributed by atoms with Crippen LogP contribution in [0, 0.1) is 0 Å². The van der Waals surface area contributed by atoms with E-state index in [0.717, 1.165) is 21.4 Å². The number of phosphoric acid groups is 1. The molecule has 69 heavy (non-hydrogen) atoms. The number of carbonyl (C=O) groups excluding carboxylic acids is 5. The quantitative estimate of drug-likeness (QED) is 0.0270. The van der Waals surface area contributed by atoms with E-state index in [1.165, 1.54) is 48.5 Å². The lowest BCUT2D eigenvalue weighted by molar-refractivity contribution is -0.177. The van der Waals surface area contributed by atoms with E-state index in [-0.39, 0.29) is 69.3 Å². The van der Waals surface area contributed by atoms with Gasteiger partial charge in [0.05, 0.1) is 57.3 Å². The Balaban J connectivity index is 1.29. The van der Waals surface area contributed by atoms with Crippen molar-refractivity contribution >= 4 is 37.7 Å². The smallest absolute Gasteiger partial charge is 0.459 e. The molecular weight excluding hydrogens is 929 g/mol. The van der Waals surface area contributed by atoms with Crippen LogP contribution in [0.4, 0.5) is 4.79 Å². The summed E-state index contributed by atoms with van der Waals surface area (Å²) in [5, 5.41) is 0.344. The first-order valence-corrected chi connectivity index (χ1v) is 23.4. The number of amides is 2. The molecule has 23 heteroatoms. The van der Waals surface area contributed by atoms with Crippen molar-refractivity contribution in [2.45, 2.75) is 70.3 Å². The molecule has 1 aromatic heterocycles. The third-order valence-electron chi connectivity index (χ3n) is 10.2. The highest BCUT2D eigenvalue weighted by Gasteiger charge is 2.54. The summed E-state index contributed by atoms with van der Waals surface area (Å²) in [6, 6.07) is 22.5. The molecule has 0 radical (unpaired) electrons. The highest BCUT2D eigenvalue weighted by Crippen LogP contribution is 2.53. The first kappa shape index (κ1) is 51.9. The second-order valence-corrected chi connectivity index (χ2v) is 16.7. The lowest BCUT2D eigenvalue weighted by Gasteiger charge is -2.28. The largest absolute Gasteiger partial charge is 0.534 e. The molecule has 3 aromatic carbocycles. The summed E-state index contributed by atoms with van der Waals surface area (Å²) in [7, 11) is -3.29. The van der Waals surface area contributed by atoms with Gasteiger partial charge in [0, 0.05) is 32.2 Å². The van der Waals surface area contributed by atoms with Gasteiger partial charge in [0.1, 0.15) is 31.2 Å². The van der Waals surface area contributed by atoms with Crippen molar-refractivity contribution in [3.63, 3.8) is 0 Å². The number of imide groups is 1. The Kier molecular flexibility index (Phi) is 19.3. The predicted octanol–water partition coefficient (Wildman–Crippen LogP) is 4.78. The number of aromatic nitrogens is 2. The molecule has 2 aliphatic rings. The third-order valence-corrected chi connectivity index (χ3v) is 11.7. The van der Waals surface area contributed by atoms with Gasteiger partial charge >= 0.3 is 31.6 Å². The van der Waals surface area contributed by atoms with E-state index >= 15 is 0 Å². The Hall–Kier alpha value is -6.52. The fourth-order valence-corrected chi connectivity index (χ4v) is 8.12. The van der Waals surface area contributed by atoms with Gasteiger partial charge in [0.25, 0.3) is 17.4 Å². The summed E-state index contributed by atoms with van der Waals surface area (Å²) >= 11 is 0. The molecule has 3 heterocycles. The van der Waals surface area contributed by atoms with Crippen molar-refractivity contribution in [3.8, 4) is 5.75 Å². The van der Waals surface area contributed by atoms with E-state index in [1.54, 1.807) is 43.5 Å². The molecule has 4 aromatic rings. The van der Waals surface area contributed by atoms with E-state index < -0.39 is 80.1 Å². The Morgan fingerprint density at radius 1 is 0.739 bits per heavy atom. The van der Waals surface area contributed by atoms with Crippen molar-refractivity contribution in [2.24, 2.45) is 0 Å². The van der Waals surface area contributed by atoms with Gasteiger partial charge in [-0.1, -0.05) is 66.9 Å². The van der Waals surface area contributed by atoms with Gasteiger partial charge in [-0.2, -0.15) is 0 Å². The number of hydrogen-bond acceptors (Lipinski definition) is 19. The number of phosphoric ester groups is 1. The maximum Gasteiger partial charge on any atom is 0.534 e. The number of nitrogens with zero attached hydrogens (tertiary/aromatic N) is 3. The minimum Gasteiger partial charge on any atom is -0.459 e. The van der Waals surface area contributed by atoms with Crippen LogP contribution in [0.5, 0.6) is 5.75 Å². The van der Waals surface area contributed by atoms with Gasteiger partial charge in [-0.05, 0) is 48.4 Å². The van der Waals surface area contributed by atoms with Gasteiger partial charge in [0.15, 0.2) is 12.3 Å². The summed E-state index contributed by atoms with van der Waals surface area (Å²) in [5.41, 5.74) is -0.927. The Bertz CT molecular complexity index is 2500. The molecule has 0 saturated carbocycles. The topological polar surface area (TPSA) is 251 Å². The van der Waals surface area contributed by atoms with Gasteiger partial charge in [-0.15, -0.1) is 0 Å². The number of hydroxylamine groups is 2. The van der Waals surface area contributed by atoms with Crippen molar-refractivity contribution in [2.75, 3.05) is 53.4 Å². The molecule has 370 valence electrons. The average Bonchev–Trinajstić information content (AvgIpc) is 3.85. The molecule has 2 aliphatic heterocycles. The first-order chi connectivity index (χ1) is 33.4. The van der Waals surface area contributed by atoms with Crippen LogP contribution in [0.3, 0.4) is 0 Å². The number of ether oxygens (including phenoxy) is 7. The van der Waals surface area contributed by atoms with Crippen LogP contribution in [0.25, 0.3) is 0 Å². The number of methoxy groups -OCH3 is 1. The zero-order chi connectivity index (χ0) is 49.2. The standard InChI is InChI=1S/C46H52N3O19P/c1-3-4-24-63-69(57,67-35-17-15-32(16-18-35)30-62-46(56)66-49-38(51)19-20-39(49)52)68-40-36(31-61-43(53)33-11-7-5-8-12-33)64-42(41(40)65-44(54)34-13-9-6-10-14-34)48-22-21-37(50)47(45(48)55)23-25-59-28-29-60-27-26-58-2/h5-18,21-22,36,40-42H,3-4,19-20,23-31H2,1-2H3/t36-,40?,41?,42-,69?/m1/s1. The van der Waals surface area contributed by atoms with Crippen molar-refractivity contribution in [3.05, 3.63) is 135 Å². The molecule has 0 bridgehead atoms. The van der Waals surface area contributed by atoms with Crippen LogP contribution in [0.1, 0.15) is 65.1 Å². The zero-order valence-corrected chi connectivity index (χ0v) is 38.7. The summed E-state index contributed by atoms with van der Waals surface area (Å²) in [6.07, 6.45) is -5.73. The van der Waals surface area contributed by atoms with Crippen molar-refractivity contribution in [1.82, 2.24) is 14.2 Å². The van der Waals surface area contributed by atoms with Crippen molar-refractivity contribution < 1.29 is 80.1 Å². The van der Waals surface area contributed by atoms with Gasteiger partial charge in [0.2, 0.25) is 0 Å². The van der Waals surface area contributed by atoms with E-state index in [0.29, 0.717) is 36.7 Å². The lowest BCUT2D eigenvalue weighted by atomic mass is 10.1. The fraction of sp³-hybridized carbons (Fsp3) is 0.413. The molecule has 5 atom stereocenters. The van der Waals surface area contributed by atoms with Crippen LogP contribution in [0.15, 0.2) is 107 Å². The molecule has 6 rings (SSSR count). The molecule has 3 unspecified atom stereocenters. The number of esters is 2. The van der Waals surface area contributed by atoms with Crippen LogP contribution in [-0.4, -0.2) is 116 Å². The second-order valence-electron chi connectivity index (χ2n) is 15.1. The Labute approximate surface area is 395 Å². The monoisotopic (exact) mass is 981 g/mol. The van der Waals surface area contributed by atoms with Gasteiger partial charge in [-0.25, -0.2) is 23.7 Å². The van der Waals surface area contributed by atoms with E-state index in [1.807, 2.05) is 6.92 Å².